The molecule has 2 rings (SSSR count). The van der Waals surface area contributed by atoms with Gasteiger partial charge in [0.2, 0.25) is 11.8 Å². The standard InChI is InChI=1S/C14H25N3O2/c1-12(18)16-6-8-17(9-7-16)14(19)10-13-4-3-5-15(2)11-13/h13H,3-11H2,1-2H3. The summed E-state index contributed by atoms with van der Waals surface area (Å²) >= 11 is 0. The highest BCUT2D eigenvalue weighted by Gasteiger charge is 2.26. The van der Waals surface area contributed by atoms with E-state index in [0.29, 0.717) is 38.5 Å². The van der Waals surface area contributed by atoms with Gasteiger partial charge in [-0.05, 0) is 32.4 Å². The fourth-order valence-electron chi connectivity index (χ4n) is 3.09. The van der Waals surface area contributed by atoms with E-state index in [9.17, 15) is 9.59 Å². The maximum Gasteiger partial charge on any atom is 0.223 e. The van der Waals surface area contributed by atoms with Gasteiger partial charge in [0.25, 0.3) is 0 Å². The number of hydrogen-bond donors (Lipinski definition) is 0. The second-order valence-electron chi connectivity index (χ2n) is 5.86. The molecular weight excluding hydrogens is 242 g/mol. The van der Waals surface area contributed by atoms with Gasteiger partial charge in [0.05, 0.1) is 0 Å². The monoisotopic (exact) mass is 267 g/mol. The first-order valence-electron chi connectivity index (χ1n) is 7.28. The van der Waals surface area contributed by atoms with Crippen molar-refractivity contribution in [1.82, 2.24) is 14.7 Å². The Balaban J connectivity index is 1.76. The largest absolute Gasteiger partial charge is 0.339 e. The Morgan fingerprint density at radius 2 is 1.68 bits per heavy atom. The van der Waals surface area contributed by atoms with E-state index in [0.717, 1.165) is 13.1 Å². The van der Waals surface area contributed by atoms with Gasteiger partial charge in [0, 0.05) is 46.1 Å². The SMILES string of the molecule is CC(=O)N1CCN(C(=O)CC2CCCN(C)C2)CC1. The van der Waals surface area contributed by atoms with Crippen molar-refractivity contribution in [2.24, 2.45) is 5.92 Å². The van der Waals surface area contributed by atoms with E-state index in [4.69, 9.17) is 0 Å². The van der Waals surface area contributed by atoms with E-state index in [1.165, 1.54) is 12.8 Å². The average molecular weight is 267 g/mol. The summed E-state index contributed by atoms with van der Waals surface area (Å²) in [5, 5.41) is 0. The Bertz CT molecular complexity index is 338. The maximum absolute atomic E-state index is 12.3. The highest BCUT2D eigenvalue weighted by Crippen LogP contribution is 2.19. The summed E-state index contributed by atoms with van der Waals surface area (Å²) in [6.45, 7) is 6.55. The molecule has 1 unspecified atom stereocenters. The van der Waals surface area contributed by atoms with Gasteiger partial charge in [0.15, 0.2) is 0 Å². The van der Waals surface area contributed by atoms with Crippen molar-refractivity contribution in [2.45, 2.75) is 26.2 Å². The number of hydrogen-bond acceptors (Lipinski definition) is 3. The van der Waals surface area contributed by atoms with E-state index in [1.807, 2.05) is 9.80 Å². The summed E-state index contributed by atoms with van der Waals surface area (Å²) in [4.78, 5) is 29.6. The summed E-state index contributed by atoms with van der Waals surface area (Å²) in [6.07, 6.45) is 3.04. The molecule has 0 bridgehead atoms. The zero-order chi connectivity index (χ0) is 13.8. The molecule has 2 saturated heterocycles. The number of piperidine rings is 1. The van der Waals surface area contributed by atoms with Gasteiger partial charge in [0.1, 0.15) is 0 Å². The molecule has 5 nitrogen and oxygen atoms in total. The van der Waals surface area contributed by atoms with Gasteiger partial charge in [-0.1, -0.05) is 0 Å². The summed E-state index contributed by atoms with van der Waals surface area (Å²) in [6, 6.07) is 0. The van der Waals surface area contributed by atoms with Gasteiger partial charge >= 0.3 is 0 Å². The highest BCUT2D eigenvalue weighted by molar-refractivity contribution is 5.77. The molecule has 2 aliphatic rings. The van der Waals surface area contributed by atoms with E-state index in [2.05, 4.69) is 11.9 Å². The molecule has 0 spiro atoms. The smallest absolute Gasteiger partial charge is 0.223 e. The number of piperazine rings is 1. The van der Waals surface area contributed by atoms with Crippen LogP contribution in [0.25, 0.3) is 0 Å². The van der Waals surface area contributed by atoms with Crippen LogP contribution < -0.4 is 0 Å². The summed E-state index contributed by atoms with van der Waals surface area (Å²) in [7, 11) is 2.13. The van der Waals surface area contributed by atoms with Crippen molar-refractivity contribution in [3.8, 4) is 0 Å². The van der Waals surface area contributed by atoms with E-state index in [-0.39, 0.29) is 11.8 Å². The van der Waals surface area contributed by atoms with Crippen LogP contribution in [0.3, 0.4) is 0 Å². The van der Waals surface area contributed by atoms with Crippen LogP contribution >= 0.6 is 0 Å². The second-order valence-corrected chi connectivity index (χ2v) is 5.86. The molecule has 0 aromatic heterocycles. The molecule has 0 radical (unpaired) electrons. The zero-order valence-electron chi connectivity index (χ0n) is 12.1. The minimum Gasteiger partial charge on any atom is -0.339 e. The molecule has 2 fully saturated rings. The maximum atomic E-state index is 12.3. The van der Waals surface area contributed by atoms with Crippen molar-refractivity contribution >= 4 is 11.8 Å². The zero-order valence-corrected chi connectivity index (χ0v) is 12.1. The number of likely N-dealkylation sites (tertiary alicyclic amines) is 1. The molecule has 1 atom stereocenters. The third kappa shape index (κ3) is 3.93. The summed E-state index contributed by atoms with van der Waals surface area (Å²) in [5.74, 6) is 0.890. The number of rotatable bonds is 2. The van der Waals surface area contributed by atoms with Crippen molar-refractivity contribution in [1.29, 1.82) is 0 Å². The molecule has 0 aromatic rings. The predicted molar refractivity (Wildman–Crippen MR) is 73.7 cm³/mol. The lowest BCUT2D eigenvalue weighted by molar-refractivity contribution is -0.139. The third-order valence-electron chi connectivity index (χ3n) is 4.26. The van der Waals surface area contributed by atoms with Crippen molar-refractivity contribution in [3.05, 3.63) is 0 Å². The average Bonchev–Trinajstić information content (AvgIpc) is 2.39. The lowest BCUT2D eigenvalue weighted by atomic mass is 9.94. The van der Waals surface area contributed by atoms with Crippen molar-refractivity contribution < 1.29 is 9.59 Å². The van der Waals surface area contributed by atoms with Crippen LogP contribution in [0.5, 0.6) is 0 Å². The minimum absolute atomic E-state index is 0.112. The quantitative estimate of drug-likeness (QED) is 0.728. The van der Waals surface area contributed by atoms with Crippen LogP contribution in [0.15, 0.2) is 0 Å². The lowest BCUT2D eigenvalue weighted by Crippen LogP contribution is -2.50. The predicted octanol–water partition coefficient (Wildman–Crippen LogP) is 0.409. The number of carbonyl (C=O) groups is 2. The molecule has 2 amide bonds. The Labute approximate surface area is 115 Å². The van der Waals surface area contributed by atoms with Crippen molar-refractivity contribution in [2.75, 3.05) is 46.3 Å². The van der Waals surface area contributed by atoms with Gasteiger partial charge in [-0.15, -0.1) is 0 Å². The molecule has 19 heavy (non-hydrogen) atoms. The first-order chi connectivity index (χ1) is 9.06. The van der Waals surface area contributed by atoms with Crippen LogP contribution in [0, 0.1) is 5.92 Å². The molecule has 0 aromatic carbocycles. The fourth-order valence-corrected chi connectivity index (χ4v) is 3.09. The highest BCUT2D eigenvalue weighted by atomic mass is 16.2. The van der Waals surface area contributed by atoms with Gasteiger partial charge in [-0.25, -0.2) is 0 Å². The molecule has 108 valence electrons. The molecule has 0 N–H and O–H groups in total. The molecule has 0 aliphatic carbocycles. The van der Waals surface area contributed by atoms with Gasteiger partial charge < -0.3 is 14.7 Å². The lowest BCUT2D eigenvalue weighted by Gasteiger charge is -2.36. The second kappa shape index (κ2) is 6.37. The van der Waals surface area contributed by atoms with E-state index < -0.39 is 0 Å². The number of carbonyl (C=O) groups excluding carboxylic acids is 2. The minimum atomic E-state index is 0.112. The van der Waals surface area contributed by atoms with E-state index >= 15 is 0 Å². The Kier molecular flexibility index (Phi) is 4.80. The molecule has 5 heteroatoms. The normalized spacial score (nSPS) is 25.5. The van der Waals surface area contributed by atoms with E-state index in [1.54, 1.807) is 6.92 Å². The Hall–Kier alpha value is -1.10. The van der Waals surface area contributed by atoms with Gasteiger partial charge in [-0.3, -0.25) is 9.59 Å². The third-order valence-corrected chi connectivity index (χ3v) is 4.26. The molecule has 2 aliphatic heterocycles. The summed E-state index contributed by atoms with van der Waals surface area (Å²) < 4.78 is 0. The van der Waals surface area contributed by atoms with Gasteiger partial charge in [-0.2, -0.15) is 0 Å². The number of nitrogens with zero attached hydrogens (tertiary/aromatic N) is 3. The van der Waals surface area contributed by atoms with Crippen LogP contribution in [0.1, 0.15) is 26.2 Å². The topological polar surface area (TPSA) is 43.9 Å². The van der Waals surface area contributed by atoms with Crippen LogP contribution in [0.2, 0.25) is 0 Å². The van der Waals surface area contributed by atoms with Crippen LogP contribution in [0.4, 0.5) is 0 Å². The fraction of sp³-hybridized carbons (Fsp3) is 0.857. The molecular formula is C14H25N3O2. The summed E-state index contributed by atoms with van der Waals surface area (Å²) in [5.41, 5.74) is 0. The van der Waals surface area contributed by atoms with Crippen LogP contribution in [-0.2, 0) is 9.59 Å². The first-order valence-corrected chi connectivity index (χ1v) is 7.28. The Morgan fingerprint density at radius 3 is 2.26 bits per heavy atom. The number of amides is 2. The molecule has 2 heterocycles. The Morgan fingerprint density at radius 1 is 1.05 bits per heavy atom. The first kappa shape index (κ1) is 14.3. The van der Waals surface area contributed by atoms with Crippen LogP contribution in [-0.4, -0.2) is 72.8 Å². The van der Waals surface area contributed by atoms with Crippen molar-refractivity contribution in [3.63, 3.8) is 0 Å². The molecule has 0 saturated carbocycles.